The summed E-state index contributed by atoms with van der Waals surface area (Å²) < 4.78 is 5.47. The number of rotatable bonds is 7. The second-order valence-corrected chi connectivity index (χ2v) is 7.23. The average Bonchev–Trinajstić information content (AvgIpc) is 3.17. The van der Waals surface area contributed by atoms with Gasteiger partial charge in [0.1, 0.15) is 0 Å². The molecule has 124 valence electrons. The van der Waals surface area contributed by atoms with E-state index in [0.29, 0.717) is 11.8 Å². The summed E-state index contributed by atoms with van der Waals surface area (Å²) in [5, 5.41) is 5.55. The van der Waals surface area contributed by atoms with Gasteiger partial charge in [-0.05, 0) is 37.1 Å². The number of hydrogen-bond acceptors (Lipinski definition) is 3. The molecule has 1 fully saturated rings. The summed E-state index contributed by atoms with van der Waals surface area (Å²) in [7, 11) is 2.13. The van der Waals surface area contributed by atoms with Crippen LogP contribution >= 0.6 is 11.3 Å². The molecule has 0 aliphatic carbocycles. The van der Waals surface area contributed by atoms with Gasteiger partial charge in [0.15, 0.2) is 5.96 Å². The SMILES string of the molecule is CCNC(=NCC(C)Cc1cccs1)N(C)CC1CCOC1. The number of ether oxygens (including phenoxy) is 1. The summed E-state index contributed by atoms with van der Waals surface area (Å²) in [5.74, 6) is 2.22. The lowest BCUT2D eigenvalue weighted by Gasteiger charge is -2.25. The van der Waals surface area contributed by atoms with E-state index in [-0.39, 0.29) is 0 Å². The maximum absolute atomic E-state index is 5.47. The molecule has 2 unspecified atom stereocenters. The third-order valence-electron chi connectivity index (χ3n) is 3.93. The minimum Gasteiger partial charge on any atom is -0.381 e. The van der Waals surface area contributed by atoms with E-state index in [2.05, 4.69) is 48.6 Å². The van der Waals surface area contributed by atoms with E-state index in [1.807, 2.05) is 11.3 Å². The Morgan fingerprint density at radius 2 is 2.45 bits per heavy atom. The predicted octanol–water partition coefficient (Wildman–Crippen LogP) is 2.86. The second-order valence-electron chi connectivity index (χ2n) is 6.19. The Labute approximate surface area is 138 Å². The van der Waals surface area contributed by atoms with Crippen LogP contribution in [-0.2, 0) is 11.2 Å². The van der Waals surface area contributed by atoms with Gasteiger partial charge in [0.05, 0.1) is 6.61 Å². The van der Waals surface area contributed by atoms with Crippen LogP contribution in [0.15, 0.2) is 22.5 Å². The standard InChI is InChI=1S/C17H29N3OS/c1-4-18-17(20(3)12-15-7-8-21-13-15)19-11-14(2)10-16-6-5-9-22-16/h5-6,9,14-15H,4,7-8,10-13H2,1-3H3,(H,18,19). The molecule has 2 heterocycles. The quantitative estimate of drug-likeness (QED) is 0.619. The molecule has 0 saturated carbocycles. The Bertz CT molecular complexity index is 441. The monoisotopic (exact) mass is 323 g/mol. The van der Waals surface area contributed by atoms with Crippen LogP contribution in [0.1, 0.15) is 25.1 Å². The summed E-state index contributed by atoms with van der Waals surface area (Å²) in [4.78, 5) is 8.53. The van der Waals surface area contributed by atoms with E-state index in [0.717, 1.165) is 45.2 Å². The van der Waals surface area contributed by atoms with Crippen molar-refractivity contribution in [1.82, 2.24) is 10.2 Å². The topological polar surface area (TPSA) is 36.9 Å². The molecule has 1 aliphatic rings. The molecule has 0 bridgehead atoms. The summed E-state index contributed by atoms with van der Waals surface area (Å²) in [6.07, 6.45) is 2.28. The molecule has 0 radical (unpaired) electrons. The van der Waals surface area contributed by atoms with Crippen LogP contribution in [0.3, 0.4) is 0 Å². The third-order valence-corrected chi connectivity index (χ3v) is 4.83. The fourth-order valence-electron chi connectivity index (χ4n) is 2.75. The van der Waals surface area contributed by atoms with Gasteiger partial charge in [-0.3, -0.25) is 4.99 Å². The van der Waals surface area contributed by atoms with Gasteiger partial charge in [-0.25, -0.2) is 0 Å². The molecule has 1 aliphatic heterocycles. The Morgan fingerprint density at radius 3 is 3.09 bits per heavy atom. The molecule has 5 heteroatoms. The second kappa shape index (κ2) is 9.16. The Balaban J connectivity index is 1.84. The van der Waals surface area contributed by atoms with Crippen LogP contribution in [0.2, 0.25) is 0 Å². The van der Waals surface area contributed by atoms with Gasteiger partial charge in [-0.2, -0.15) is 0 Å². The Morgan fingerprint density at radius 1 is 1.59 bits per heavy atom. The van der Waals surface area contributed by atoms with E-state index in [9.17, 15) is 0 Å². The number of aliphatic imine (C=N–C) groups is 1. The molecule has 0 spiro atoms. The molecular formula is C17H29N3OS. The minimum absolute atomic E-state index is 0.565. The van der Waals surface area contributed by atoms with Crippen molar-refractivity contribution in [3.05, 3.63) is 22.4 Å². The van der Waals surface area contributed by atoms with Crippen molar-refractivity contribution in [2.24, 2.45) is 16.8 Å². The minimum atomic E-state index is 0.565. The lowest BCUT2D eigenvalue weighted by atomic mass is 10.1. The number of hydrogen-bond donors (Lipinski definition) is 1. The lowest BCUT2D eigenvalue weighted by Crippen LogP contribution is -2.41. The highest BCUT2D eigenvalue weighted by Crippen LogP contribution is 2.15. The first-order valence-corrected chi connectivity index (χ1v) is 9.16. The van der Waals surface area contributed by atoms with Gasteiger partial charge in [-0.15, -0.1) is 11.3 Å². The largest absolute Gasteiger partial charge is 0.381 e. The van der Waals surface area contributed by atoms with E-state index >= 15 is 0 Å². The highest BCUT2D eigenvalue weighted by molar-refractivity contribution is 7.09. The highest BCUT2D eigenvalue weighted by Gasteiger charge is 2.19. The maximum atomic E-state index is 5.47. The van der Waals surface area contributed by atoms with Crippen molar-refractivity contribution in [2.75, 3.05) is 39.9 Å². The Kier molecular flexibility index (Phi) is 7.19. The maximum Gasteiger partial charge on any atom is 0.193 e. The molecule has 1 saturated heterocycles. The van der Waals surface area contributed by atoms with Crippen molar-refractivity contribution in [3.8, 4) is 0 Å². The summed E-state index contributed by atoms with van der Waals surface area (Å²) in [6, 6.07) is 4.33. The molecule has 1 aromatic rings. The zero-order valence-corrected chi connectivity index (χ0v) is 14.9. The first kappa shape index (κ1) is 17.3. The van der Waals surface area contributed by atoms with Crippen LogP contribution in [0, 0.1) is 11.8 Å². The van der Waals surface area contributed by atoms with Gasteiger partial charge in [0, 0.05) is 44.1 Å². The van der Waals surface area contributed by atoms with E-state index in [1.165, 1.54) is 11.3 Å². The molecular weight excluding hydrogens is 294 g/mol. The molecule has 1 aromatic heterocycles. The predicted molar refractivity (Wildman–Crippen MR) is 94.7 cm³/mol. The molecule has 22 heavy (non-hydrogen) atoms. The van der Waals surface area contributed by atoms with E-state index in [1.54, 1.807) is 0 Å². The van der Waals surface area contributed by atoms with Crippen LogP contribution < -0.4 is 5.32 Å². The van der Waals surface area contributed by atoms with Crippen molar-refractivity contribution in [1.29, 1.82) is 0 Å². The first-order valence-electron chi connectivity index (χ1n) is 8.28. The van der Waals surface area contributed by atoms with Gasteiger partial charge < -0.3 is 15.0 Å². The molecule has 0 amide bonds. The van der Waals surface area contributed by atoms with Gasteiger partial charge in [0.2, 0.25) is 0 Å². The normalized spacial score (nSPS) is 20.1. The van der Waals surface area contributed by atoms with Crippen molar-refractivity contribution in [3.63, 3.8) is 0 Å². The summed E-state index contributed by atoms with van der Waals surface area (Å²) in [6.45, 7) is 8.98. The molecule has 2 rings (SSSR count). The fourth-order valence-corrected chi connectivity index (χ4v) is 3.62. The number of nitrogens with one attached hydrogen (secondary N) is 1. The summed E-state index contributed by atoms with van der Waals surface area (Å²) >= 11 is 1.83. The molecule has 1 N–H and O–H groups in total. The van der Waals surface area contributed by atoms with E-state index < -0.39 is 0 Å². The highest BCUT2D eigenvalue weighted by atomic mass is 32.1. The molecule has 2 atom stereocenters. The molecule has 4 nitrogen and oxygen atoms in total. The van der Waals surface area contributed by atoms with Gasteiger partial charge in [0.25, 0.3) is 0 Å². The average molecular weight is 324 g/mol. The van der Waals surface area contributed by atoms with Crippen LogP contribution in [0.25, 0.3) is 0 Å². The first-order chi connectivity index (χ1) is 10.7. The number of nitrogens with zero attached hydrogens (tertiary/aromatic N) is 2. The third kappa shape index (κ3) is 5.61. The van der Waals surface area contributed by atoms with Gasteiger partial charge in [-0.1, -0.05) is 13.0 Å². The van der Waals surface area contributed by atoms with Crippen molar-refractivity contribution < 1.29 is 4.74 Å². The van der Waals surface area contributed by atoms with Crippen LogP contribution in [-0.4, -0.2) is 50.8 Å². The smallest absolute Gasteiger partial charge is 0.193 e. The fraction of sp³-hybridized carbons (Fsp3) is 0.706. The Hall–Kier alpha value is -1.07. The number of thiophene rings is 1. The number of guanidine groups is 1. The lowest BCUT2D eigenvalue weighted by molar-refractivity contribution is 0.181. The zero-order chi connectivity index (χ0) is 15.8. The van der Waals surface area contributed by atoms with Crippen molar-refractivity contribution in [2.45, 2.75) is 26.7 Å². The zero-order valence-electron chi connectivity index (χ0n) is 14.0. The van der Waals surface area contributed by atoms with Gasteiger partial charge >= 0.3 is 0 Å². The van der Waals surface area contributed by atoms with Crippen LogP contribution in [0.5, 0.6) is 0 Å². The molecule has 0 aromatic carbocycles. The van der Waals surface area contributed by atoms with E-state index in [4.69, 9.17) is 9.73 Å². The van der Waals surface area contributed by atoms with Crippen molar-refractivity contribution >= 4 is 17.3 Å². The van der Waals surface area contributed by atoms with Crippen LogP contribution in [0.4, 0.5) is 0 Å². The summed E-state index contributed by atoms with van der Waals surface area (Å²) in [5.41, 5.74) is 0.